The van der Waals surface area contributed by atoms with Crippen LogP contribution in [0.25, 0.3) is 0 Å². The van der Waals surface area contributed by atoms with Gasteiger partial charge >= 0.3 is 0 Å². The summed E-state index contributed by atoms with van der Waals surface area (Å²) >= 11 is 5.26. The van der Waals surface area contributed by atoms with Gasteiger partial charge in [0.2, 0.25) is 0 Å². The third kappa shape index (κ3) is 28.5. The fourth-order valence-corrected chi connectivity index (χ4v) is 7.85. The van der Waals surface area contributed by atoms with Crippen molar-refractivity contribution >= 4 is 45.2 Å². The molecule has 0 aliphatic carbocycles. The minimum Gasteiger partial charge on any atom is -0.353 e. The molecule has 0 aromatic heterocycles. The van der Waals surface area contributed by atoms with E-state index in [4.69, 9.17) is 14.2 Å². The van der Waals surface area contributed by atoms with Crippen LogP contribution in [0.5, 0.6) is 0 Å². The fraction of sp³-hybridized carbons (Fsp3) is 1.00. The second kappa shape index (κ2) is 31.3. The maximum atomic E-state index is 6.64. The van der Waals surface area contributed by atoms with Crippen LogP contribution in [0.2, 0.25) is 0 Å². The summed E-state index contributed by atoms with van der Waals surface area (Å²) < 4.78 is 21.2. The molecular formula is C36H72I2O3. The lowest BCUT2D eigenvalue weighted by Crippen LogP contribution is -2.28. The molecule has 0 heterocycles. The smallest absolute Gasteiger partial charge is 0.160 e. The Hall–Kier alpha value is 1.34. The van der Waals surface area contributed by atoms with Crippen LogP contribution in [0, 0.1) is 11.8 Å². The number of rotatable bonds is 32. The molecule has 6 unspecified atom stereocenters. The third-order valence-electron chi connectivity index (χ3n) is 8.27. The van der Waals surface area contributed by atoms with Gasteiger partial charge in [0.25, 0.3) is 0 Å². The van der Waals surface area contributed by atoms with Gasteiger partial charge in [-0.2, -0.15) is 0 Å². The average molecular weight is 807 g/mol. The zero-order chi connectivity index (χ0) is 30.6. The van der Waals surface area contributed by atoms with Gasteiger partial charge < -0.3 is 14.2 Å². The molecule has 0 aliphatic rings. The van der Waals surface area contributed by atoms with E-state index >= 15 is 0 Å². The predicted molar refractivity (Wildman–Crippen MR) is 199 cm³/mol. The number of unbranched alkanes of at least 4 members (excludes halogenated alkanes) is 4. The molecule has 0 amide bonds. The number of hydrogen-bond donors (Lipinski definition) is 0. The number of hydrogen-bond acceptors (Lipinski definition) is 3. The van der Waals surface area contributed by atoms with Crippen LogP contribution in [0.4, 0.5) is 0 Å². The van der Waals surface area contributed by atoms with Crippen LogP contribution < -0.4 is 0 Å². The monoisotopic (exact) mass is 806 g/mol. The van der Waals surface area contributed by atoms with Crippen molar-refractivity contribution in [3.05, 3.63) is 0 Å². The van der Waals surface area contributed by atoms with Crippen molar-refractivity contribution in [3.63, 3.8) is 0 Å². The van der Waals surface area contributed by atoms with Gasteiger partial charge in [-0.1, -0.05) is 164 Å². The zero-order valence-electron chi connectivity index (χ0n) is 28.4. The van der Waals surface area contributed by atoms with E-state index in [1.165, 1.54) is 116 Å². The van der Waals surface area contributed by atoms with E-state index < -0.39 is 0 Å². The lowest BCUT2D eigenvalue weighted by molar-refractivity contribution is -0.250. The van der Waals surface area contributed by atoms with Gasteiger partial charge in [-0.05, 0) is 76.0 Å². The summed E-state index contributed by atoms with van der Waals surface area (Å²) in [6.07, 6.45) is 27.2. The molecular weight excluding hydrogens is 734 g/mol. The Kier molecular flexibility index (Phi) is 32.4. The summed E-state index contributed by atoms with van der Waals surface area (Å²) in [5, 5.41) is 0. The van der Waals surface area contributed by atoms with Crippen LogP contribution in [0.15, 0.2) is 0 Å². The van der Waals surface area contributed by atoms with Crippen molar-refractivity contribution in [2.75, 3.05) is 13.2 Å². The Morgan fingerprint density at radius 2 is 0.805 bits per heavy atom. The quantitative estimate of drug-likeness (QED) is 0.0293. The Balaban J connectivity index is 4.85. The summed E-state index contributed by atoms with van der Waals surface area (Å²) in [6, 6.07) is 0. The van der Waals surface area contributed by atoms with Gasteiger partial charge in [0, 0.05) is 21.1 Å². The minimum atomic E-state index is -0.131. The average Bonchev–Trinajstić information content (AvgIpc) is 2.92. The molecule has 0 aliphatic heterocycles. The highest BCUT2D eigenvalue weighted by molar-refractivity contribution is 14.1. The summed E-state index contributed by atoms with van der Waals surface area (Å²) in [5.74, 6) is 1.58. The highest BCUT2D eigenvalue weighted by atomic mass is 127. The molecule has 0 rings (SSSR count). The molecule has 0 saturated heterocycles. The summed E-state index contributed by atoms with van der Waals surface area (Å²) in [5.41, 5.74) is 0. The van der Waals surface area contributed by atoms with Crippen molar-refractivity contribution < 1.29 is 14.2 Å². The SMILES string of the molecule is CCCC(C)CCCC(OCCCCCC(I)CCC)OC(CCCC(C)CCC)OCCCCCC(I)CCC. The third-order valence-corrected chi connectivity index (χ3v) is 10.8. The predicted octanol–water partition coefficient (Wildman–Crippen LogP) is 13.2. The lowest BCUT2D eigenvalue weighted by Gasteiger charge is -2.26. The first kappa shape index (κ1) is 42.3. The second-order valence-corrected chi connectivity index (χ2v) is 16.4. The van der Waals surface area contributed by atoms with Crippen molar-refractivity contribution in [2.45, 2.75) is 203 Å². The molecule has 0 aromatic rings. The first-order valence-electron chi connectivity index (χ1n) is 18.0. The highest BCUT2D eigenvalue weighted by Crippen LogP contribution is 2.22. The molecule has 0 bridgehead atoms. The highest BCUT2D eigenvalue weighted by Gasteiger charge is 2.19. The Morgan fingerprint density at radius 3 is 1.17 bits per heavy atom. The molecule has 0 aromatic carbocycles. The van der Waals surface area contributed by atoms with Crippen molar-refractivity contribution in [1.29, 1.82) is 0 Å². The van der Waals surface area contributed by atoms with Gasteiger partial charge in [-0.3, -0.25) is 0 Å². The van der Waals surface area contributed by atoms with Crippen LogP contribution >= 0.6 is 45.2 Å². The maximum absolute atomic E-state index is 6.64. The molecule has 41 heavy (non-hydrogen) atoms. The van der Waals surface area contributed by atoms with Crippen molar-refractivity contribution in [1.82, 2.24) is 0 Å². The second-order valence-electron chi connectivity index (χ2n) is 12.9. The van der Waals surface area contributed by atoms with E-state index in [9.17, 15) is 0 Å². The molecule has 0 saturated carbocycles. The Morgan fingerprint density at radius 1 is 0.415 bits per heavy atom. The zero-order valence-corrected chi connectivity index (χ0v) is 32.7. The largest absolute Gasteiger partial charge is 0.353 e. The standard InChI is InChI=1S/C36H72I2O3/c1-7-19-31(5)23-17-27-35(39-29-15-11-13-25-33(37)21-9-3)41-36(28-18-24-32(6)20-8-2)40-30-16-12-14-26-34(38)22-10-4/h31-36H,7-30H2,1-6H3. The van der Waals surface area contributed by atoms with Crippen LogP contribution in [0.1, 0.15) is 183 Å². The normalized spacial score (nSPS) is 16.4. The molecule has 6 atom stereocenters. The van der Waals surface area contributed by atoms with Crippen LogP contribution in [-0.2, 0) is 14.2 Å². The first-order valence-corrected chi connectivity index (χ1v) is 20.5. The molecule has 0 N–H and O–H groups in total. The summed E-state index contributed by atoms with van der Waals surface area (Å²) in [7, 11) is 0. The van der Waals surface area contributed by atoms with E-state index in [1.54, 1.807) is 0 Å². The van der Waals surface area contributed by atoms with E-state index in [-0.39, 0.29) is 12.6 Å². The fourth-order valence-electron chi connectivity index (χ4n) is 5.72. The maximum Gasteiger partial charge on any atom is 0.160 e. The van der Waals surface area contributed by atoms with Crippen LogP contribution in [0.3, 0.4) is 0 Å². The molecule has 3 nitrogen and oxygen atoms in total. The molecule has 0 spiro atoms. The number of ether oxygens (including phenoxy) is 3. The van der Waals surface area contributed by atoms with Crippen molar-refractivity contribution in [2.24, 2.45) is 11.8 Å². The molecule has 0 fully saturated rings. The number of alkyl halides is 2. The van der Waals surface area contributed by atoms with Gasteiger partial charge in [0.15, 0.2) is 12.6 Å². The van der Waals surface area contributed by atoms with Gasteiger partial charge in [0.1, 0.15) is 0 Å². The number of halogens is 2. The van der Waals surface area contributed by atoms with Crippen LogP contribution in [-0.4, -0.2) is 33.6 Å². The summed E-state index contributed by atoms with van der Waals surface area (Å²) in [4.78, 5) is 0. The minimum absolute atomic E-state index is 0.131. The van der Waals surface area contributed by atoms with Gasteiger partial charge in [0.05, 0.1) is 0 Å². The summed E-state index contributed by atoms with van der Waals surface area (Å²) in [6.45, 7) is 15.6. The first-order chi connectivity index (χ1) is 19.9. The van der Waals surface area contributed by atoms with Gasteiger partial charge in [-0.25, -0.2) is 0 Å². The molecule has 5 heteroatoms. The van der Waals surface area contributed by atoms with E-state index in [2.05, 4.69) is 86.7 Å². The topological polar surface area (TPSA) is 27.7 Å². The molecule has 248 valence electrons. The lowest BCUT2D eigenvalue weighted by atomic mass is 9.99. The van der Waals surface area contributed by atoms with E-state index in [0.29, 0.717) is 0 Å². The Labute approximate surface area is 285 Å². The van der Waals surface area contributed by atoms with Crippen molar-refractivity contribution in [3.8, 4) is 0 Å². The Bertz CT molecular complexity index is 477. The van der Waals surface area contributed by atoms with Gasteiger partial charge in [-0.15, -0.1) is 0 Å². The van der Waals surface area contributed by atoms with E-state index in [1.807, 2.05) is 0 Å². The molecule has 0 radical (unpaired) electrons. The van der Waals surface area contributed by atoms with E-state index in [0.717, 1.165) is 58.6 Å².